The first-order chi connectivity index (χ1) is 9.28. The van der Waals surface area contributed by atoms with Crippen molar-refractivity contribution in [2.24, 2.45) is 0 Å². The Kier molecular flexibility index (Phi) is 2.91. The lowest BCUT2D eigenvalue weighted by Gasteiger charge is -2.09. The molecule has 0 saturated carbocycles. The molecule has 19 heavy (non-hydrogen) atoms. The van der Waals surface area contributed by atoms with Gasteiger partial charge in [-0.05, 0) is 36.6 Å². The SMILES string of the molecule is CCc1ccc(C)c(Oc2ncnc3[nH]ccc23)c1. The van der Waals surface area contributed by atoms with Crippen LogP contribution < -0.4 is 4.74 Å². The second kappa shape index (κ2) is 4.72. The molecule has 0 aliphatic rings. The first-order valence-electron chi connectivity index (χ1n) is 6.33. The van der Waals surface area contributed by atoms with E-state index in [9.17, 15) is 0 Å². The van der Waals surface area contributed by atoms with Crippen molar-refractivity contribution in [1.29, 1.82) is 0 Å². The van der Waals surface area contributed by atoms with Crippen molar-refractivity contribution in [3.8, 4) is 11.6 Å². The van der Waals surface area contributed by atoms with E-state index >= 15 is 0 Å². The molecule has 2 aromatic heterocycles. The second-order valence-corrected chi connectivity index (χ2v) is 4.47. The maximum atomic E-state index is 5.95. The first kappa shape index (κ1) is 11.7. The summed E-state index contributed by atoms with van der Waals surface area (Å²) in [6, 6.07) is 8.18. The van der Waals surface area contributed by atoms with Crippen molar-refractivity contribution in [3.63, 3.8) is 0 Å². The number of aromatic nitrogens is 3. The molecule has 0 radical (unpaired) electrons. The summed E-state index contributed by atoms with van der Waals surface area (Å²) in [4.78, 5) is 11.4. The minimum atomic E-state index is 0.586. The number of nitrogens with zero attached hydrogens (tertiary/aromatic N) is 2. The van der Waals surface area contributed by atoms with Gasteiger partial charge in [0.25, 0.3) is 0 Å². The summed E-state index contributed by atoms with van der Waals surface area (Å²) >= 11 is 0. The molecule has 3 rings (SSSR count). The fourth-order valence-corrected chi connectivity index (χ4v) is 2.01. The Hall–Kier alpha value is -2.36. The minimum absolute atomic E-state index is 0.586. The number of hydrogen-bond acceptors (Lipinski definition) is 3. The highest BCUT2D eigenvalue weighted by atomic mass is 16.5. The number of hydrogen-bond donors (Lipinski definition) is 1. The van der Waals surface area contributed by atoms with Gasteiger partial charge in [0.05, 0.1) is 5.39 Å². The van der Waals surface area contributed by atoms with E-state index in [1.54, 1.807) is 0 Å². The summed E-state index contributed by atoms with van der Waals surface area (Å²) in [5.41, 5.74) is 3.13. The summed E-state index contributed by atoms with van der Waals surface area (Å²) in [6.07, 6.45) is 4.33. The van der Waals surface area contributed by atoms with Gasteiger partial charge in [-0.15, -0.1) is 0 Å². The maximum Gasteiger partial charge on any atom is 0.231 e. The van der Waals surface area contributed by atoms with E-state index in [-0.39, 0.29) is 0 Å². The fraction of sp³-hybridized carbons (Fsp3) is 0.200. The molecule has 4 nitrogen and oxygen atoms in total. The Labute approximate surface area is 111 Å². The number of nitrogens with one attached hydrogen (secondary N) is 1. The molecule has 0 atom stereocenters. The van der Waals surface area contributed by atoms with Crippen LogP contribution in [0.2, 0.25) is 0 Å². The molecule has 1 N–H and O–H groups in total. The van der Waals surface area contributed by atoms with E-state index in [1.807, 2.05) is 19.2 Å². The third-order valence-electron chi connectivity index (χ3n) is 3.18. The topological polar surface area (TPSA) is 50.8 Å². The zero-order chi connectivity index (χ0) is 13.2. The molecule has 96 valence electrons. The quantitative estimate of drug-likeness (QED) is 0.775. The standard InChI is InChI=1S/C15H15N3O/c1-3-11-5-4-10(2)13(8-11)19-15-12-6-7-16-14(12)17-9-18-15/h4-9H,3H2,1-2H3,(H,16,17,18). The van der Waals surface area contributed by atoms with Crippen LogP contribution in [0.4, 0.5) is 0 Å². The number of rotatable bonds is 3. The molecular formula is C15H15N3O. The summed E-state index contributed by atoms with van der Waals surface area (Å²) in [6.45, 7) is 4.16. The maximum absolute atomic E-state index is 5.95. The third kappa shape index (κ3) is 2.17. The first-order valence-corrected chi connectivity index (χ1v) is 6.33. The minimum Gasteiger partial charge on any atom is -0.438 e. The van der Waals surface area contributed by atoms with Gasteiger partial charge in [-0.1, -0.05) is 19.1 Å². The molecule has 0 fully saturated rings. The molecule has 0 saturated heterocycles. The number of fused-ring (bicyclic) bond motifs is 1. The van der Waals surface area contributed by atoms with Crippen LogP contribution in [0, 0.1) is 6.92 Å². The Morgan fingerprint density at radius 2 is 2.11 bits per heavy atom. The van der Waals surface area contributed by atoms with E-state index < -0.39 is 0 Å². The normalized spacial score (nSPS) is 10.8. The summed E-state index contributed by atoms with van der Waals surface area (Å²) < 4.78 is 5.95. The van der Waals surface area contributed by atoms with Crippen LogP contribution in [0.3, 0.4) is 0 Å². The summed E-state index contributed by atoms with van der Waals surface area (Å²) in [7, 11) is 0. The largest absolute Gasteiger partial charge is 0.438 e. The summed E-state index contributed by atoms with van der Waals surface area (Å²) in [5, 5.41) is 0.892. The molecule has 4 heteroatoms. The van der Waals surface area contributed by atoms with Crippen molar-refractivity contribution in [2.75, 3.05) is 0 Å². The predicted molar refractivity (Wildman–Crippen MR) is 74.5 cm³/mol. The smallest absolute Gasteiger partial charge is 0.231 e. The van der Waals surface area contributed by atoms with Crippen LogP contribution in [0.5, 0.6) is 11.6 Å². The molecule has 3 aromatic rings. The number of aromatic amines is 1. The van der Waals surface area contributed by atoms with Crippen molar-refractivity contribution in [1.82, 2.24) is 15.0 Å². The van der Waals surface area contributed by atoms with Crippen LogP contribution in [0.15, 0.2) is 36.8 Å². The van der Waals surface area contributed by atoms with Gasteiger partial charge in [0.15, 0.2) is 0 Å². The van der Waals surface area contributed by atoms with Crippen LogP contribution in [0.1, 0.15) is 18.1 Å². The van der Waals surface area contributed by atoms with E-state index in [1.165, 1.54) is 11.9 Å². The van der Waals surface area contributed by atoms with Crippen molar-refractivity contribution in [3.05, 3.63) is 47.9 Å². The van der Waals surface area contributed by atoms with E-state index in [2.05, 4.69) is 40.1 Å². The van der Waals surface area contributed by atoms with Crippen LogP contribution in [-0.4, -0.2) is 15.0 Å². The van der Waals surface area contributed by atoms with Gasteiger partial charge in [-0.2, -0.15) is 0 Å². The van der Waals surface area contributed by atoms with Crippen molar-refractivity contribution < 1.29 is 4.74 Å². The van der Waals surface area contributed by atoms with E-state index in [0.717, 1.165) is 28.8 Å². The lowest BCUT2D eigenvalue weighted by molar-refractivity contribution is 0.464. The molecule has 0 aliphatic heterocycles. The average molecular weight is 253 g/mol. The predicted octanol–water partition coefficient (Wildman–Crippen LogP) is 3.62. The highest BCUT2D eigenvalue weighted by Crippen LogP contribution is 2.29. The monoisotopic (exact) mass is 253 g/mol. The van der Waals surface area contributed by atoms with Crippen LogP contribution in [0.25, 0.3) is 11.0 Å². The van der Waals surface area contributed by atoms with Crippen molar-refractivity contribution >= 4 is 11.0 Å². The lowest BCUT2D eigenvalue weighted by Crippen LogP contribution is -1.93. The Morgan fingerprint density at radius 1 is 1.21 bits per heavy atom. The highest BCUT2D eigenvalue weighted by molar-refractivity contribution is 5.80. The molecule has 0 spiro atoms. The van der Waals surface area contributed by atoms with Crippen molar-refractivity contribution in [2.45, 2.75) is 20.3 Å². The third-order valence-corrected chi connectivity index (χ3v) is 3.18. The summed E-state index contributed by atoms with van der Waals surface area (Å²) in [5.74, 6) is 1.43. The Bertz CT molecular complexity index is 718. The van der Waals surface area contributed by atoms with Crippen LogP contribution in [-0.2, 0) is 6.42 Å². The van der Waals surface area contributed by atoms with Gasteiger partial charge in [0, 0.05) is 6.20 Å². The van der Waals surface area contributed by atoms with Gasteiger partial charge < -0.3 is 9.72 Å². The molecule has 0 bridgehead atoms. The van der Waals surface area contributed by atoms with Crippen LogP contribution >= 0.6 is 0 Å². The Balaban J connectivity index is 2.03. The van der Waals surface area contributed by atoms with E-state index in [0.29, 0.717) is 5.88 Å². The molecule has 0 aliphatic carbocycles. The zero-order valence-corrected chi connectivity index (χ0v) is 11.0. The number of H-pyrrole nitrogens is 1. The van der Waals surface area contributed by atoms with Gasteiger partial charge in [-0.3, -0.25) is 0 Å². The average Bonchev–Trinajstić information content (AvgIpc) is 2.90. The highest BCUT2D eigenvalue weighted by Gasteiger charge is 2.08. The van der Waals surface area contributed by atoms with Gasteiger partial charge in [-0.25, -0.2) is 9.97 Å². The lowest BCUT2D eigenvalue weighted by atomic mass is 10.1. The molecule has 0 unspecified atom stereocenters. The number of benzene rings is 1. The molecule has 0 amide bonds. The zero-order valence-electron chi connectivity index (χ0n) is 11.0. The number of ether oxygens (including phenoxy) is 1. The van der Waals surface area contributed by atoms with E-state index in [4.69, 9.17) is 4.74 Å². The number of aryl methyl sites for hydroxylation is 2. The van der Waals surface area contributed by atoms with Gasteiger partial charge >= 0.3 is 0 Å². The molecule has 1 aromatic carbocycles. The molecule has 2 heterocycles. The van der Waals surface area contributed by atoms with Gasteiger partial charge in [0.2, 0.25) is 5.88 Å². The second-order valence-electron chi connectivity index (χ2n) is 4.47. The molecular weight excluding hydrogens is 238 g/mol. The Morgan fingerprint density at radius 3 is 2.95 bits per heavy atom. The van der Waals surface area contributed by atoms with Gasteiger partial charge in [0.1, 0.15) is 17.7 Å². The fourth-order valence-electron chi connectivity index (χ4n) is 2.01.